The number of aromatic hydroxyl groups is 1. The van der Waals surface area contributed by atoms with Crippen LogP contribution in [-0.2, 0) is 18.4 Å². The first-order valence-corrected chi connectivity index (χ1v) is 10.8. The summed E-state index contributed by atoms with van der Waals surface area (Å²) < 4.78 is 1.72. The molecule has 0 atom stereocenters. The van der Waals surface area contributed by atoms with Gasteiger partial charge in [-0.05, 0) is 42.0 Å². The lowest BCUT2D eigenvalue weighted by Crippen LogP contribution is -2.63. The van der Waals surface area contributed by atoms with Gasteiger partial charge in [0.05, 0.1) is 0 Å². The first kappa shape index (κ1) is 18.2. The molecule has 0 spiro atoms. The molecule has 3 aliphatic rings. The number of hydrogen-bond acceptors (Lipinski definition) is 4. The normalized spacial score (nSPS) is 23.4. The van der Waals surface area contributed by atoms with Gasteiger partial charge in [-0.25, -0.2) is 0 Å². The van der Waals surface area contributed by atoms with Gasteiger partial charge in [0.2, 0.25) is 5.43 Å². The molecule has 0 bridgehead atoms. The smallest absolute Gasteiger partial charge is 0.277 e. The van der Waals surface area contributed by atoms with Crippen LogP contribution in [0.25, 0.3) is 0 Å². The van der Waals surface area contributed by atoms with Crippen molar-refractivity contribution in [2.75, 3.05) is 18.2 Å². The van der Waals surface area contributed by atoms with E-state index < -0.39 is 16.7 Å². The van der Waals surface area contributed by atoms with Crippen molar-refractivity contribution in [3.8, 4) is 5.75 Å². The standard InChI is InChI=1S/C25H23N3O3/c1-2-26-15-28(27-12-11-21(29)23(30)22(27)24(26)31)25-18(13-16-7-3-5-9-19(16)25)14-17-8-4-6-10-20(17)25/h3-12,18,30H,2,13-15H2,1H3. The molecule has 0 saturated carbocycles. The zero-order valence-electron chi connectivity index (χ0n) is 17.3. The maximum Gasteiger partial charge on any atom is 0.277 e. The zero-order valence-corrected chi connectivity index (χ0v) is 17.3. The van der Waals surface area contributed by atoms with E-state index in [2.05, 4.69) is 53.5 Å². The van der Waals surface area contributed by atoms with E-state index in [-0.39, 0.29) is 11.6 Å². The third-order valence-corrected chi connectivity index (χ3v) is 7.28. The number of hydrogen-bond donors (Lipinski definition) is 1. The van der Waals surface area contributed by atoms with Crippen molar-refractivity contribution in [1.29, 1.82) is 0 Å². The summed E-state index contributed by atoms with van der Waals surface area (Å²) >= 11 is 0. The van der Waals surface area contributed by atoms with Gasteiger partial charge in [0, 0.05) is 24.7 Å². The Morgan fingerprint density at radius 3 is 2.19 bits per heavy atom. The number of amides is 1. The molecule has 31 heavy (non-hydrogen) atoms. The van der Waals surface area contributed by atoms with Crippen LogP contribution in [0.15, 0.2) is 65.6 Å². The molecule has 0 fully saturated rings. The van der Waals surface area contributed by atoms with Gasteiger partial charge in [-0.3, -0.25) is 19.3 Å². The van der Waals surface area contributed by atoms with Gasteiger partial charge in [-0.1, -0.05) is 48.5 Å². The fraction of sp³-hybridized carbons (Fsp3) is 0.280. The van der Waals surface area contributed by atoms with Crippen LogP contribution in [0.3, 0.4) is 0 Å². The van der Waals surface area contributed by atoms with E-state index in [9.17, 15) is 14.7 Å². The van der Waals surface area contributed by atoms with Crippen molar-refractivity contribution >= 4 is 5.91 Å². The number of aromatic nitrogens is 1. The Labute approximate surface area is 179 Å². The van der Waals surface area contributed by atoms with E-state index in [4.69, 9.17) is 0 Å². The summed E-state index contributed by atoms with van der Waals surface area (Å²) in [5, 5.41) is 12.8. The monoisotopic (exact) mass is 413 g/mol. The number of benzene rings is 2. The number of carbonyl (C=O) groups excluding carboxylic acids is 1. The third-order valence-electron chi connectivity index (χ3n) is 7.28. The number of carbonyl (C=O) groups is 1. The molecule has 2 heterocycles. The van der Waals surface area contributed by atoms with E-state index in [1.54, 1.807) is 15.8 Å². The number of fused-ring (bicyclic) bond motifs is 6. The van der Waals surface area contributed by atoms with Crippen molar-refractivity contribution in [2.45, 2.75) is 25.3 Å². The Kier molecular flexibility index (Phi) is 3.67. The van der Waals surface area contributed by atoms with Crippen molar-refractivity contribution in [3.05, 3.63) is 99.0 Å². The second-order valence-corrected chi connectivity index (χ2v) is 8.61. The van der Waals surface area contributed by atoms with Gasteiger partial charge in [-0.2, -0.15) is 0 Å². The molecule has 0 radical (unpaired) electrons. The van der Waals surface area contributed by atoms with Crippen LogP contribution in [0.4, 0.5) is 0 Å². The summed E-state index contributed by atoms with van der Waals surface area (Å²) in [6.07, 6.45) is 3.53. The highest BCUT2D eigenvalue weighted by Gasteiger charge is 2.58. The average molecular weight is 413 g/mol. The quantitative estimate of drug-likeness (QED) is 0.702. The maximum atomic E-state index is 13.1. The summed E-state index contributed by atoms with van der Waals surface area (Å²) in [6.45, 7) is 2.79. The molecule has 3 aromatic rings. The van der Waals surface area contributed by atoms with Crippen molar-refractivity contribution < 1.29 is 9.90 Å². The van der Waals surface area contributed by atoms with Crippen LogP contribution >= 0.6 is 0 Å². The zero-order chi connectivity index (χ0) is 21.3. The Hall–Kier alpha value is -3.54. The van der Waals surface area contributed by atoms with E-state index in [0.29, 0.717) is 19.1 Å². The highest BCUT2D eigenvalue weighted by atomic mass is 16.3. The largest absolute Gasteiger partial charge is 0.502 e. The first-order chi connectivity index (χ1) is 15.1. The van der Waals surface area contributed by atoms with Crippen LogP contribution in [0.1, 0.15) is 39.7 Å². The minimum atomic E-state index is -0.537. The summed E-state index contributed by atoms with van der Waals surface area (Å²) in [5.74, 6) is -0.510. The fourth-order valence-corrected chi connectivity index (χ4v) is 6.00. The maximum absolute atomic E-state index is 13.1. The minimum absolute atomic E-state index is 0.0440. The van der Waals surface area contributed by atoms with Gasteiger partial charge in [0.15, 0.2) is 11.4 Å². The second-order valence-electron chi connectivity index (χ2n) is 8.61. The van der Waals surface area contributed by atoms with Crippen molar-refractivity contribution in [2.24, 2.45) is 5.92 Å². The average Bonchev–Trinajstić information content (AvgIpc) is 3.27. The van der Waals surface area contributed by atoms with Crippen LogP contribution < -0.4 is 10.4 Å². The molecule has 2 aromatic carbocycles. The predicted octanol–water partition coefficient (Wildman–Crippen LogP) is 2.60. The third kappa shape index (κ3) is 2.17. The van der Waals surface area contributed by atoms with Gasteiger partial charge in [-0.15, -0.1) is 0 Å². The second kappa shape index (κ2) is 6.23. The van der Waals surface area contributed by atoms with Crippen molar-refractivity contribution in [3.63, 3.8) is 0 Å². The lowest BCUT2D eigenvalue weighted by atomic mass is 9.81. The highest BCUT2D eigenvalue weighted by Crippen LogP contribution is 2.56. The summed E-state index contributed by atoms with van der Waals surface area (Å²) in [4.78, 5) is 27.1. The first-order valence-electron chi connectivity index (χ1n) is 10.8. The summed E-state index contributed by atoms with van der Waals surface area (Å²) in [6, 6.07) is 18.4. The number of pyridine rings is 1. The van der Waals surface area contributed by atoms with E-state index in [1.807, 2.05) is 6.92 Å². The molecular formula is C25H23N3O3. The summed E-state index contributed by atoms with van der Waals surface area (Å²) in [7, 11) is 0. The molecule has 1 N–H and O–H groups in total. The van der Waals surface area contributed by atoms with Gasteiger partial charge in [0.25, 0.3) is 5.91 Å². The molecule has 156 valence electrons. The van der Waals surface area contributed by atoms with Crippen molar-refractivity contribution in [1.82, 2.24) is 9.58 Å². The van der Waals surface area contributed by atoms with E-state index >= 15 is 0 Å². The lowest BCUT2D eigenvalue weighted by molar-refractivity contribution is 0.0658. The number of nitrogens with zero attached hydrogens (tertiary/aromatic N) is 3. The van der Waals surface area contributed by atoms with Crippen LogP contribution in [-0.4, -0.2) is 33.8 Å². The Morgan fingerprint density at radius 1 is 0.968 bits per heavy atom. The topological polar surface area (TPSA) is 65.8 Å². The fourth-order valence-electron chi connectivity index (χ4n) is 6.00. The molecule has 2 aliphatic carbocycles. The van der Waals surface area contributed by atoms with E-state index in [1.165, 1.54) is 28.3 Å². The SMILES string of the molecule is CCN1CN(C23c4ccccc4CC2Cc2ccccc23)n2ccc(=O)c(O)c2C1=O. The lowest BCUT2D eigenvalue weighted by Gasteiger charge is -2.50. The predicted molar refractivity (Wildman–Crippen MR) is 117 cm³/mol. The Bertz CT molecular complexity index is 1250. The van der Waals surface area contributed by atoms with Crippen LogP contribution in [0.5, 0.6) is 5.75 Å². The van der Waals surface area contributed by atoms with Gasteiger partial charge in [0.1, 0.15) is 12.2 Å². The molecule has 1 aliphatic heterocycles. The highest BCUT2D eigenvalue weighted by molar-refractivity contribution is 5.96. The molecule has 6 nitrogen and oxygen atoms in total. The Balaban J connectivity index is 1.69. The Morgan fingerprint density at radius 2 is 1.58 bits per heavy atom. The van der Waals surface area contributed by atoms with Crippen LogP contribution in [0, 0.1) is 5.92 Å². The van der Waals surface area contributed by atoms with Gasteiger partial charge < -0.3 is 10.0 Å². The summed E-state index contributed by atoms with van der Waals surface area (Å²) in [5.41, 5.74) is 4.13. The molecular weight excluding hydrogens is 390 g/mol. The van der Waals surface area contributed by atoms with Gasteiger partial charge >= 0.3 is 0 Å². The molecule has 1 amide bonds. The molecule has 1 aromatic heterocycles. The molecule has 0 unspecified atom stereocenters. The molecule has 6 rings (SSSR count). The molecule has 0 saturated heterocycles. The minimum Gasteiger partial charge on any atom is -0.502 e. The van der Waals surface area contributed by atoms with E-state index in [0.717, 1.165) is 12.8 Å². The van der Waals surface area contributed by atoms with Crippen LogP contribution in [0.2, 0.25) is 0 Å². The molecule has 6 heteroatoms. The number of rotatable bonds is 2.